The Balaban J connectivity index is 2.44. The largest absolute Gasteiger partial charge is 0.280 e. The van der Waals surface area contributed by atoms with Crippen LogP contribution in [0.1, 0.15) is 17.0 Å². The highest BCUT2D eigenvalue weighted by Crippen LogP contribution is 2.26. The first kappa shape index (κ1) is 14.1. The summed E-state index contributed by atoms with van der Waals surface area (Å²) in [5.74, 6) is 0. The van der Waals surface area contributed by atoms with Gasteiger partial charge in [0.2, 0.25) is 0 Å². The minimum absolute atomic E-state index is 0.207. The van der Waals surface area contributed by atoms with Crippen LogP contribution in [0.3, 0.4) is 0 Å². The van der Waals surface area contributed by atoms with Gasteiger partial charge in [-0.3, -0.25) is 9.82 Å². The fourth-order valence-electron chi connectivity index (χ4n) is 1.71. The Bertz CT molecular complexity index is 703. The summed E-state index contributed by atoms with van der Waals surface area (Å²) in [6.45, 7) is 5.41. The van der Waals surface area contributed by atoms with Gasteiger partial charge in [0.1, 0.15) is 4.90 Å². The Labute approximate surface area is 120 Å². The van der Waals surface area contributed by atoms with Crippen molar-refractivity contribution in [3.8, 4) is 0 Å². The van der Waals surface area contributed by atoms with Crippen LogP contribution in [0.4, 0.5) is 5.69 Å². The van der Waals surface area contributed by atoms with Gasteiger partial charge in [-0.15, -0.1) is 0 Å². The molecule has 0 radical (unpaired) electrons. The van der Waals surface area contributed by atoms with E-state index in [4.69, 9.17) is 0 Å². The lowest BCUT2D eigenvalue weighted by Gasteiger charge is -2.10. The van der Waals surface area contributed by atoms with Gasteiger partial charge in [0.05, 0.1) is 17.1 Å². The predicted molar refractivity (Wildman–Crippen MR) is 77.7 cm³/mol. The standard InChI is InChI=1S/C12H14BrN3O2S/c1-7-4-5-11(10(13)6-7)19(17,18)16-12-8(2)14-15-9(12)3/h4-6,16H,1-3H3,(H,14,15). The summed E-state index contributed by atoms with van der Waals surface area (Å²) < 4.78 is 27.8. The van der Waals surface area contributed by atoms with Crippen LogP contribution in [0.15, 0.2) is 27.6 Å². The molecule has 0 aliphatic rings. The molecule has 0 saturated heterocycles. The van der Waals surface area contributed by atoms with Gasteiger partial charge in [-0.05, 0) is 54.4 Å². The molecule has 2 N–H and O–H groups in total. The van der Waals surface area contributed by atoms with Crippen LogP contribution in [0.25, 0.3) is 0 Å². The lowest BCUT2D eigenvalue weighted by atomic mass is 10.2. The number of hydrogen-bond acceptors (Lipinski definition) is 3. The van der Waals surface area contributed by atoms with Gasteiger partial charge in [0.25, 0.3) is 10.0 Å². The topological polar surface area (TPSA) is 74.8 Å². The maximum atomic E-state index is 12.4. The zero-order valence-corrected chi connectivity index (χ0v) is 13.2. The Kier molecular flexibility index (Phi) is 3.69. The zero-order chi connectivity index (χ0) is 14.2. The Morgan fingerprint density at radius 1 is 1.26 bits per heavy atom. The van der Waals surface area contributed by atoms with E-state index in [0.29, 0.717) is 21.5 Å². The fourth-order valence-corrected chi connectivity index (χ4v) is 4.09. The van der Waals surface area contributed by atoms with Gasteiger partial charge in [-0.1, -0.05) is 6.07 Å². The van der Waals surface area contributed by atoms with Crippen LogP contribution in [0.2, 0.25) is 0 Å². The number of nitrogens with zero attached hydrogens (tertiary/aromatic N) is 1. The fraction of sp³-hybridized carbons (Fsp3) is 0.250. The lowest BCUT2D eigenvalue weighted by Crippen LogP contribution is -2.14. The molecule has 2 aromatic rings. The minimum atomic E-state index is -3.63. The van der Waals surface area contributed by atoms with Crippen LogP contribution < -0.4 is 4.72 Å². The monoisotopic (exact) mass is 343 g/mol. The maximum absolute atomic E-state index is 12.4. The normalized spacial score (nSPS) is 11.6. The molecule has 2 rings (SSSR count). The van der Waals surface area contributed by atoms with Crippen molar-refractivity contribution in [2.45, 2.75) is 25.7 Å². The van der Waals surface area contributed by atoms with E-state index in [2.05, 4.69) is 30.8 Å². The Hall–Kier alpha value is -1.34. The molecule has 0 atom stereocenters. The van der Waals surface area contributed by atoms with Crippen molar-refractivity contribution in [2.75, 3.05) is 4.72 Å². The third-order valence-corrected chi connectivity index (χ3v) is 5.07. The second kappa shape index (κ2) is 4.97. The van der Waals surface area contributed by atoms with Crippen molar-refractivity contribution in [1.82, 2.24) is 10.2 Å². The molecule has 0 spiro atoms. The summed E-state index contributed by atoms with van der Waals surface area (Å²) in [4.78, 5) is 0.207. The summed E-state index contributed by atoms with van der Waals surface area (Å²) in [6.07, 6.45) is 0. The van der Waals surface area contributed by atoms with Gasteiger partial charge in [0, 0.05) is 4.47 Å². The molecule has 1 aromatic heterocycles. The number of sulfonamides is 1. The summed E-state index contributed by atoms with van der Waals surface area (Å²) in [6, 6.07) is 5.10. The minimum Gasteiger partial charge on any atom is -0.280 e. The van der Waals surface area contributed by atoms with Crippen molar-refractivity contribution < 1.29 is 8.42 Å². The van der Waals surface area contributed by atoms with E-state index < -0.39 is 10.0 Å². The molecule has 102 valence electrons. The summed E-state index contributed by atoms with van der Waals surface area (Å²) in [7, 11) is -3.63. The average molecular weight is 344 g/mol. The van der Waals surface area contributed by atoms with Crippen molar-refractivity contribution in [3.05, 3.63) is 39.6 Å². The lowest BCUT2D eigenvalue weighted by molar-refractivity contribution is 0.600. The molecule has 5 nitrogen and oxygen atoms in total. The third-order valence-electron chi connectivity index (χ3n) is 2.74. The number of aromatic nitrogens is 2. The number of rotatable bonds is 3. The smallest absolute Gasteiger partial charge is 0.263 e. The molecule has 1 aromatic carbocycles. The van der Waals surface area contributed by atoms with Gasteiger partial charge in [-0.2, -0.15) is 5.10 Å². The van der Waals surface area contributed by atoms with Crippen molar-refractivity contribution in [2.24, 2.45) is 0 Å². The molecule has 0 aliphatic carbocycles. The van der Waals surface area contributed by atoms with E-state index in [1.54, 1.807) is 32.0 Å². The predicted octanol–water partition coefficient (Wildman–Crippen LogP) is 2.90. The number of H-pyrrole nitrogens is 1. The average Bonchev–Trinajstić information content (AvgIpc) is 2.60. The second-order valence-corrected chi connectivity index (χ2v) is 6.85. The first-order valence-corrected chi connectivity index (χ1v) is 7.89. The van der Waals surface area contributed by atoms with E-state index in [0.717, 1.165) is 5.56 Å². The Morgan fingerprint density at radius 3 is 2.47 bits per heavy atom. The SMILES string of the molecule is Cc1ccc(S(=O)(=O)Nc2c(C)n[nH]c2C)c(Br)c1. The number of anilines is 1. The molecular weight excluding hydrogens is 330 g/mol. The Morgan fingerprint density at radius 2 is 1.95 bits per heavy atom. The van der Waals surface area contributed by atoms with Crippen LogP contribution >= 0.6 is 15.9 Å². The van der Waals surface area contributed by atoms with Gasteiger partial charge in [-0.25, -0.2) is 8.42 Å². The van der Waals surface area contributed by atoms with Gasteiger partial charge >= 0.3 is 0 Å². The number of aromatic amines is 1. The molecule has 0 aliphatic heterocycles. The number of halogens is 1. The molecule has 0 fully saturated rings. The van der Waals surface area contributed by atoms with Crippen LogP contribution in [-0.2, 0) is 10.0 Å². The van der Waals surface area contributed by atoms with Gasteiger partial charge < -0.3 is 0 Å². The molecule has 7 heteroatoms. The number of nitrogens with one attached hydrogen (secondary N) is 2. The second-order valence-electron chi connectivity index (χ2n) is 4.35. The summed E-state index contributed by atoms with van der Waals surface area (Å²) in [5, 5.41) is 6.71. The van der Waals surface area contributed by atoms with Crippen LogP contribution in [0.5, 0.6) is 0 Å². The van der Waals surface area contributed by atoms with Crippen LogP contribution in [-0.4, -0.2) is 18.6 Å². The van der Waals surface area contributed by atoms with E-state index in [1.807, 2.05) is 6.92 Å². The summed E-state index contributed by atoms with van der Waals surface area (Å²) in [5.41, 5.74) is 2.78. The number of hydrogen-bond donors (Lipinski definition) is 2. The molecule has 19 heavy (non-hydrogen) atoms. The van der Waals surface area contributed by atoms with E-state index in [-0.39, 0.29) is 4.90 Å². The van der Waals surface area contributed by atoms with Crippen molar-refractivity contribution in [1.29, 1.82) is 0 Å². The zero-order valence-electron chi connectivity index (χ0n) is 10.8. The quantitative estimate of drug-likeness (QED) is 0.899. The number of aryl methyl sites for hydroxylation is 3. The number of benzene rings is 1. The van der Waals surface area contributed by atoms with Crippen LogP contribution in [0, 0.1) is 20.8 Å². The maximum Gasteiger partial charge on any atom is 0.263 e. The first-order valence-electron chi connectivity index (χ1n) is 5.62. The highest BCUT2D eigenvalue weighted by molar-refractivity contribution is 9.10. The van der Waals surface area contributed by atoms with E-state index in [9.17, 15) is 8.42 Å². The van der Waals surface area contributed by atoms with E-state index in [1.165, 1.54) is 0 Å². The van der Waals surface area contributed by atoms with Crippen molar-refractivity contribution >= 4 is 31.6 Å². The van der Waals surface area contributed by atoms with Gasteiger partial charge in [0.15, 0.2) is 0 Å². The molecule has 1 heterocycles. The summed E-state index contributed by atoms with van der Waals surface area (Å²) >= 11 is 3.28. The first-order chi connectivity index (χ1) is 8.81. The van der Waals surface area contributed by atoms with E-state index >= 15 is 0 Å². The third kappa shape index (κ3) is 2.82. The molecular formula is C12H14BrN3O2S. The highest BCUT2D eigenvalue weighted by atomic mass is 79.9. The molecule has 0 unspecified atom stereocenters. The molecule has 0 amide bonds. The highest BCUT2D eigenvalue weighted by Gasteiger charge is 2.20. The molecule has 0 saturated carbocycles. The molecule has 0 bridgehead atoms. The van der Waals surface area contributed by atoms with Crippen molar-refractivity contribution in [3.63, 3.8) is 0 Å².